The largest absolute Gasteiger partial charge is 0.493 e. The van der Waals surface area contributed by atoms with Crippen molar-refractivity contribution in [1.82, 2.24) is 15.5 Å². The first-order valence-electron chi connectivity index (χ1n) is 11.3. The second-order valence-electron chi connectivity index (χ2n) is 7.77. The van der Waals surface area contributed by atoms with Gasteiger partial charge in [-0.05, 0) is 68.6 Å². The lowest BCUT2D eigenvalue weighted by Crippen LogP contribution is -2.36. The van der Waals surface area contributed by atoms with Gasteiger partial charge in [-0.3, -0.25) is 4.90 Å². The molecule has 168 valence electrons. The molecule has 1 heterocycles. The molecule has 0 aromatic heterocycles. The molecule has 3 rings (SSSR count). The lowest BCUT2D eigenvalue weighted by molar-refractivity contribution is 0.310. The van der Waals surface area contributed by atoms with Gasteiger partial charge in [-0.25, -0.2) is 4.99 Å². The maximum absolute atomic E-state index is 5.59. The standard InChI is InChI=1S/C25H36N4O2/c1-4-26-25(28-18-22-12-13-23(31-5-2)24(16-22)30-3)27-17-20-8-10-21(11-9-20)19-29-14-6-7-15-29/h8-13,16H,4-7,14-15,17-19H2,1-3H3,(H2,26,27,28). The fourth-order valence-electron chi connectivity index (χ4n) is 3.74. The van der Waals surface area contributed by atoms with Crippen molar-refractivity contribution < 1.29 is 9.47 Å². The van der Waals surface area contributed by atoms with Gasteiger partial charge < -0.3 is 20.1 Å². The van der Waals surface area contributed by atoms with Crippen LogP contribution >= 0.6 is 0 Å². The third-order valence-electron chi connectivity index (χ3n) is 5.38. The second-order valence-corrected chi connectivity index (χ2v) is 7.77. The van der Waals surface area contributed by atoms with Gasteiger partial charge in [0.15, 0.2) is 17.5 Å². The minimum Gasteiger partial charge on any atom is -0.493 e. The number of methoxy groups -OCH3 is 1. The summed E-state index contributed by atoms with van der Waals surface area (Å²) in [6, 6.07) is 14.9. The average Bonchev–Trinajstić information content (AvgIpc) is 3.30. The Kier molecular flexibility index (Phi) is 9.03. The van der Waals surface area contributed by atoms with Gasteiger partial charge in [0, 0.05) is 19.6 Å². The summed E-state index contributed by atoms with van der Waals surface area (Å²) in [6.07, 6.45) is 2.66. The van der Waals surface area contributed by atoms with E-state index in [2.05, 4.69) is 46.7 Å². The molecule has 0 unspecified atom stereocenters. The zero-order chi connectivity index (χ0) is 21.9. The third kappa shape index (κ3) is 7.17. The zero-order valence-corrected chi connectivity index (χ0v) is 19.1. The van der Waals surface area contributed by atoms with E-state index in [1.165, 1.54) is 37.1 Å². The van der Waals surface area contributed by atoms with Crippen molar-refractivity contribution in [3.63, 3.8) is 0 Å². The quantitative estimate of drug-likeness (QED) is 0.447. The summed E-state index contributed by atoms with van der Waals surface area (Å²) in [4.78, 5) is 7.25. The number of hydrogen-bond acceptors (Lipinski definition) is 4. The summed E-state index contributed by atoms with van der Waals surface area (Å²) in [7, 11) is 1.66. The maximum atomic E-state index is 5.59. The molecule has 0 amide bonds. The van der Waals surface area contributed by atoms with Crippen molar-refractivity contribution in [2.24, 2.45) is 4.99 Å². The topological polar surface area (TPSA) is 58.1 Å². The van der Waals surface area contributed by atoms with Crippen LogP contribution in [-0.2, 0) is 19.6 Å². The monoisotopic (exact) mass is 424 g/mol. The molecule has 6 heteroatoms. The molecule has 2 aromatic carbocycles. The van der Waals surface area contributed by atoms with Crippen molar-refractivity contribution in [2.45, 2.75) is 46.3 Å². The smallest absolute Gasteiger partial charge is 0.191 e. The first kappa shape index (κ1) is 22.9. The average molecular weight is 425 g/mol. The van der Waals surface area contributed by atoms with E-state index in [9.17, 15) is 0 Å². The van der Waals surface area contributed by atoms with E-state index in [-0.39, 0.29) is 0 Å². The molecule has 1 fully saturated rings. The highest BCUT2D eigenvalue weighted by molar-refractivity contribution is 5.79. The van der Waals surface area contributed by atoms with E-state index in [1.54, 1.807) is 7.11 Å². The molecule has 1 saturated heterocycles. The fraction of sp³-hybridized carbons (Fsp3) is 0.480. The molecular formula is C25H36N4O2. The van der Waals surface area contributed by atoms with Crippen molar-refractivity contribution in [2.75, 3.05) is 33.4 Å². The second kappa shape index (κ2) is 12.2. The predicted molar refractivity (Wildman–Crippen MR) is 127 cm³/mol. The van der Waals surface area contributed by atoms with Crippen molar-refractivity contribution in [1.29, 1.82) is 0 Å². The van der Waals surface area contributed by atoms with Gasteiger partial charge in [-0.15, -0.1) is 0 Å². The highest BCUT2D eigenvalue weighted by atomic mass is 16.5. The van der Waals surface area contributed by atoms with Crippen molar-refractivity contribution in [3.8, 4) is 11.5 Å². The SMILES string of the molecule is CCNC(=NCc1ccc(OCC)c(OC)c1)NCc1ccc(CN2CCCC2)cc1. The zero-order valence-electron chi connectivity index (χ0n) is 19.1. The van der Waals surface area contributed by atoms with Crippen LogP contribution in [0.1, 0.15) is 43.4 Å². The number of rotatable bonds is 10. The number of hydrogen-bond donors (Lipinski definition) is 2. The predicted octanol–water partition coefficient (Wildman–Crippen LogP) is 3.95. The Morgan fingerprint density at radius 2 is 1.65 bits per heavy atom. The lowest BCUT2D eigenvalue weighted by atomic mass is 10.1. The summed E-state index contributed by atoms with van der Waals surface area (Å²) in [5.74, 6) is 2.30. The highest BCUT2D eigenvalue weighted by Gasteiger charge is 2.11. The number of guanidine groups is 1. The number of ether oxygens (including phenoxy) is 2. The van der Waals surface area contributed by atoms with Gasteiger partial charge in [-0.1, -0.05) is 30.3 Å². The molecule has 0 saturated carbocycles. The van der Waals surface area contributed by atoms with E-state index in [0.29, 0.717) is 13.2 Å². The third-order valence-corrected chi connectivity index (χ3v) is 5.38. The molecule has 6 nitrogen and oxygen atoms in total. The molecule has 1 aliphatic heterocycles. The van der Waals surface area contributed by atoms with Crippen LogP contribution in [0, 0.1) is 0 Å². The van der Waals surface area contributed by atoms with E-state index in [1.807, 2.05) is 25.1 Å². The van der Waals surface area contributed by atoms with Crippen molar-refractivity contribution in [3.05, 3.63) is 59.2 Å². The first-order chi connectivity index (χ1) is 15.2. The Bertz CT molecular complexity index is 830. The van der Waals surface area contributed by atoms with E-state index in [4.69, 9.17) is 14.5 Å². The molecule has 0 spiro atoms. The Balaban J connectivity index is 1.55. The molecule has 2 aromatic rings. The summed E-state index contributed by atoms with van der Waals surface area (Å²) in [5, 5.41) is 6.75. The van der Waals surface area contributed by atoms with Crippen LogP contribution in [0.15, 0.2) is 47.5 Å². The summed E-state index contributed by atoms with van der Waals surface area (Å²) >= 11 is 0. The molecule has 31 heavy (non-hydrogen) atoms. The van der Waals surface area contributed by atoms with Gasteiger partial charge in [0.1, 0.15) is 0 Å². The maximum Gasteiger partial charge on any atom is 0.191 e. The molecule has 0 atom stereocenters. The van der Waals surface area contributed by atoms with E-state index >= 15 is 0 Å². The van der Waals surface area contributed by atoms with Crippen LogP contribution in [0.4, 0.5) is 0 Å². The summed E-state index contributed by atoms with van der Waals surface area (Å²) in [6.45, 7) is 10.3. The Labute approximate surface area is 186 Å². The Morgan fingerprint density at radius 3 is 2.32 bits per heavy atom. The van der Waals surface area contributed by atoms with Gasteiger partial charge >= 0.3 is 0 Å². The summed E-state index contributed by atoms with van der Waals surface area (Å²) < 4.78 is 11.0. The van der Waals surface area contributed by atoms with E-state index < -0.39 is 0 Å². The number of aliphatic imine (C=N–C) groups is 1. The highest BCUT2D eigenvalue weighted by Crippen LogP contribution is 2.28. The number of benzene rings is 2. The van der Waals surface area contributed by atoms with Crippen LogP contribution in [0.5, 0.6) is 11.5 Å². The normalized spacial score (nSPS) is 14.5. The van der Waals surface area contributed by atoms with E-state index in [0.717, 1.165) is 42.7 Å². The van der Waals surface area contributed by atoms with Gasteiger partial charge in [0.05, 0.1) is 20.3 Å². The number of likely N-dealkylation sites (tertiary alicyclic amines) is 1. The number of nitrogens with zero attached hydrogens (tertiary/aromatic N) is 2. The van der Waals surface area contributed by atoms with Crippen LogP contribution in [0.3, 0.4) is 0 Å². The lowest BCUT2D eigenvalue weighted by Gasteiger charge is -2.15. The van der Waals surface area contributed by atoms with Crippen LogP contribution in [-0.4, -0.2) is 44.2 Å². The minimum absolute atomic E-state index is 0.562. The van der Waals surface area contributed by atoms with Gasteiger partial charge in [-0.2, -0.15) is 0 Å². The fourth-order valence-corrected chi connectivity index (χ4v) is 3.74. The molecule has 1 aliphatic rings. The van der Waals surface area contributed by atoms with Crippen molar-refractivity contribution >= 4 is 5.96 Å². The molecule has 0 bridgehead atoms. The van der Waals surface area contributed by atoms with Crippen LogP contribution < -0.4 is 20.1 Å². The Hall–Kier alpha value is -2.73. The van der Waals surface area contributed by atoms with Gasteiger partial charge in [0.2, 0.25) is 0 Å². The molecule has 0 aliphatic carbocycles. The molecule has 2 N–H and O–H groups in total. The molecular weight excluding hydrogens is 388 g/mol. The van der Waals surface area contributed by atoms with Gasteiger partial charge in [0.25, 0.3) is 0 Å². The Morgan fingerprint density at radius 1 is 0.935 bits per heavy atom. The molecule has 0 radical (unpaired) electrons. The number of nitrogens with one attached hydrogen (secondary N) is 2. The first-order valence-corrected chi connectivity index (χ1v) is 11.3. The van der Waals surface area contributed by atoms with Crippen LogP contribution in [0.25, 0.3) is 0 Å². The summed E-state index contributed by atoms with van der Waals surface area (Å²) in [5.41, 5.74) is 3.71. The van der Waals surface area contributed by atoms with Crippen LogP contribution in [0.2, 0.25) is 0 Å². The minimum atomic E-state index is 0.562.